The number of pyridine rings is 1. The fourth-order valence-corrected chi connectivity index (χ4v) is 3.86. The van der Waals surface area contributed by atoms with Gasteiger partial charge >= 0.3 is 6.18 Å². The summed E-state index contributed by atoms with van der Waals surface area (Å²) in [6, 6.07) is 2.36. The predicted molar refractivity (Wildman–Crippen MR) is 86.8 cm³/mol. The van der Waals surface area contributed by atoms with E-state index >= 15 is 0 Å². The number of aryl methyl sites for hydroxylation is 1. The van der Waals surface area contributed by atoms with Crippen LogP contribution in [-0.2, 0) is 17.1 Å². The van der Waals surface area contributed by atoms with Crippen molar-refractivity contribution in [3.63, 3.8) is 0 Å². The second-order valence-electron chi connectivity index (χ2n) is 5.46. The molecule has 0 bridgehead atoms. The molecule has 1 aromatic heterocycles. The number of rotatable bonds is 4. The van der Waals surface area contributed by atoms with Crippen LogP contribution in [0.2, 0.25) is 5.02 Å². The largest absolute Gasteiger partial charge is 0.409 e. The quantitative estimate of drug-likeness (QED) is 0.725. The summed E-state index contributed by atoms with van der Waals surface area (Å²) in [5, 5.41) is 0.181. The van der Waals surface area contributed by atoms with Crippen molar-refractivity contribution in [1.82, 2.24) is 8.87 Å². The molecule has 142 valence electrons. The number of alkyl halides is 3. The minimum absolute atomic E-state index is 0.0789. The number of halogens is 5. The average Bonchev–Trinajstić information content (AvgIpc) is 2.52. The van der Waals surface area contributed by atoms with Crippen LogP contribution in [0.15, 0.2) is 46.2 Å². The topological polar surface area (TPSA) is 59.4 Å². The Bertz CT molecular complexity index is 946. The van der Waals surface area contributed by atoms with Gasteiger partial charge in [-0.05, 0) is 17.7 Å². The van der Waals surface area contributed by atoms with Crippen molar-refractivity contribution in [3.8, 4) is 0 Å². The Labute approximate surface area is 151 Å². The van der Waals surface area contributed by atoms with Gasteiger partial charge in [-0.1, -0.05) is 23.7 Å². The highest BCUT2D eigenvalue weighted by Crippen LogP contribution is 2.39. The van der Waals surface area contributed by atoms with Gasteiger partial charge < -0.3 is 4.57 Å². The smallest absolute Gasteiger partial charge is 0.315 e. The maximum absolute atomic E-state index is 13.6. The maximum Gasteiger partial charge on any atom is 0.409 e. The summed E-state index contributed by atoms with van der Waals surface area (Å²) in [5.41, 5.74) is -1.46. The molecule has 0 unspecified atom stereocenters. The summed E-state index contributed by atoms with van der Waals surface area (Å²) in [4.78, 5) is 10.6. The number of nitrogens with zero attached hydrogens (tertiary/aromatic N) is 2. The first-order valence-electron chi connectivity index (χ1n) is 7.02. The van der Waals surface area contributed by atoms with Crippen molar-refractivity contribution in [2.24, 2.45) is 7.05 Å². The monoisotopic (exact) mass is 412 g/mol. The van der Waals surface area contributed by atoms with Crippen LogP contribution >= 0.6 is 11.6 Å². The van der Waals surface area contributed by atoms with Crippen LogP contribution in [0.4, 0.5) is 17.6 Å². The molecule has 0 fully saturated rings. The molecule has 5 nitrogen and oxygen atoms in total. The molecular weight excluding hydrogens is 400 g/mol. The van der Waals surface area contributed by atoms with Crippen LogP contribution in [0.25, 0.3) is 0 Å². The zero-order chi connectivity index (χ0) is 19.9. The van der Waals surface area contributed by atoms with E-state index in [0.717, 1.165) is 32.4 Å². The summed E-state index contributed by atoms with van der Waals surface area (Å²) in [6.07, 6.45) is -4.19. The Kier molecular flexibility index (Phi) is 5.50. The molecule has 0 radical (unpaired) electrons. The molecule has 1 aromatic carbocycles. The molecule has 0 amide bonds. The summed E-state index contributed by atoms with van der Waals surface area (Å²) in [5.74, 6) is -1.39. The van der Waals surface area contributed by atoms with Gasteiger partial charge in [-0.3, -0.25) is 4.79 Å². The third-order valence-electron chi connectivity index (χ3n) is 3.65. The highest BCUT2D eigenvalue weighted by molar-refractivity contribution is 7.89. The number of hydrogen-bond donors (Lipinski definition) is 0. The molecule has 1 atom stereocenters. The lowest BCUT2D eigenvalue weighted by Gasteiger charge is -2.29. The SMILES string of the molecule is CN([C@H](c1ccc(Cl)cc1)C(F)(F)F)S(=O)(=O)c1cc(F)c(=O)n(C)c1. The Morgan fingerprint density at radius 3 is 2.19 bits per heavy atom. The Hall–Kier alpha value is -1.91. The lowest BCUT2D eigenvalue weighted by molar-refractivity contribution is -0.171. The van der Waals surface area contributed by atoms with Crippen molar-refractivity contribution in [2.75, 3.05) is 7.05 Å². The van der Waals surface area contributed by atoms with Crippen LogP contribution < -0.4 is 5.56 Å². The highest BCUT2D eigenvalue weighted by Gasteiger charge is 2.47. The molecule has 0 saturated heterocycles. The molecule has 2 rings (SSSR count). The fraction of sp³-hybridized carbons (Fsp3) is 0.267. The molecule has 0 spiro atoms. The van der Waals surface area contributed by atoms with E-state index in [1.54, 1.807) is 0 Å². The second-order valence-corrected chi connectivity index (χ2v) is 7.89. The zero-order valence-corrected chi connectivity index (χ0v) is 15.0. The number of hydrogen-bond acceptors (Lipinski definition) is 3. The van der Waals surface area contributed by atoms with Gasteiger partial charge in [0.2, 0.25) is 10.0 Å². The molecule has 0 N–H and O–H groups in total. The molecular formula is C15H13ClF4N2O3S. The summed E-state index contributed by atoms with van der Waals surface area (Å²) in [6.45, 7) is 0. The maximum atomic E-state index is 13.6. The van der Waals surface area contributed by atoms with E-state index in [2.05, 4.69) is 0 Å². The van der Waals surface area contributed by atoms with Gasteiger partial charge in [0.05, 0.1) is 0 Å². The average molecular weight is 413 g/mol. The van der Waals surface area contributed by atoms with Gasteiger partial charge in [-0.15, -0.1) is 0 Å². The molecule has 0 aliphatic heterocycles. The Morgan fingerprint density at radius 2 is 1.73 bits per heavy atom. The van der Waals surface area contributed by atoms with E-state index in [-0.39, 0.29) is 14.9 Å². The minimum Gasteiger partial charge on any atom is -0.315 e. The van der Waals surface area contributed by atoms with E-state index in [1.807, 2.05) is 0 Å². The van der Waals surface area contributed by atoms with E-state index in [9.17, 15) is 30.8 Å². The molecule has 2 aromatic rings. The van der Waals surface area contributed by atoms with Crippen molar-refractivity contribution < 1.29 is 26.0 Å². The van der Waals surface area contributed by atoms with Gasteiger partial charge in [-0.2, -0.15) is 17.5 Å². The van der Waals surface area contributed by atoms with E-state index in [4.69, 9.17) is 11.6 Å². The third kappa shape index (κ3) is 3.92. The molecule has 26 heavy (non-hydrogen) atoms. The fourth-order valence-electron chi connectivity index (χ4n) is 2.34. The van der Waals surface area contributed by atoms with Crippen LogP contribution in [0.1, 0.15) is 11.6 Å². The summed E-state index contributed by atoms with van der Waals surface area (Å²) >= 11 is 5.66. The van der Waals surface area contributed by atoms with Gasteiger partial charge in [-0.25, -0.2) is 12.8 Å². The molecule has 0 saturated carbocycles. The number of benzene rings is 1. The number of aromatic nitrogens is 1. The molecule has 0 aliphatic rings. The first kappa shape index (κ1) is 20.4. The normalized spacial score (nSPS) is 13.8. The highest BCUT2D eigenvalue weighted by atomic mass is 35.5. The van der Waals surface area contributed by atoms with Crippen molar-refractivity contribution in [2.45, 2.75) is 17.1 Å². The minimum atomic E-state index is -4.95. The van der Waals surface area contributed by atoms with Gasteiger partial charge in [0.1, 0.15) is 10.9 Å². The van der Waals surface area contributed by atoms with Crippen LogP contribution in [-0.4, -0.2) is 30.5 Å². The molecule has 11 heteroatoms. The standard InChI is InChI=1S/C15H13ClF4N2O3S/c1-21-8-11(7-12(17)14(21)23)26(24,25)22(2)13(15(18,19)20)9-3-5-10(16)6-4-9/h3-8,13H,1-2H3/t13-/m1/s1. The van der Waals surface area contributed by atoms with E-state index in [1.165, 1.54) is 12.1 Å². The first-order valence-corrected chi connectivity index (χ1v) is 8.84. The summed E-state index contributed by atoms with van der Waals surface area (Å²) < 4.78 is 80.2. The van der Waals surface area contributed by atoms with Gasteiger partial charge in [0.25, 0.3) is 5.56 Å². The zero-order valence-electron chi connectivity index (χ0n) is 13.5. The van der Waals surface area contributed by atoms with Crippen molar-refractivity contribution >= 4 is 21.6 Å². The van der Waals surface area contributed by atoms with Crippen LogP contribution in [0.3, 0.4) is 0 Å². The lowest BCUT2D eigenvalue weighted by atomic mass is 10.1. The predicted octanol–water partition coefficient (Wildman–Crippen LogP) is 3.10. The summed E-state index contributed by atoms with van der Waals surface area (Å²) in [7, 11) is -2.95. The molecule has 1 heterocycles. The van der Waals surface area contributed by atoms with Crippen molar-refractivity contribution in [1.29, 1.82) is 0 Å². The lowest BCUT2D eigenvalue weighted by Crippen LogP contribution is -2.40. The number of sulfonamides is 1. The van der Waals surface area contributed by atoms with E-state index in [0.29, 0.717) is 10.6 Å². The Balaban J connectivity index is 2.59. The van der Waals surface area contributed by atoms with Gasteiger partial charge in [0, 0.05) is 31.4 Å². The first-order chi connectivity index (χ1) is 11.9. The second kappa shape index (κ2) is 7.01. The van der Waals surface area contributed by atoms with Crippen LogP contribution in [0.5, 0.6) is 0 Å². The van der Waals surface area contributed by atoms with Crippen LogP contribution in [0, 0.1) is 5.82 Å². The molecule has 0 aliphatic carbocycles. The van der Waals surface area contributed by atoms with Crippen molar-refractivity contribution in [3.05, 3.63) is 63.3 Å². The van der Waals surface area contributed by atoms with E-state index < -0.39 is 38.5 Å². The van der Waals surface area contributed by atoms with Gasteiger partial charge in [0.15, 0.2) is 5.82 Å². The third-order valence-corrected chi connectivity index (χ3v) is 5.69. The Morgan fingerprint density at radius 1 is 1.19 bits per heavy atom.